The smallest absolute Gasteiger partial charge is 0.0496 e. The zero-order chi connectivity index (χ0) is 11.9. The van der Waals surface area contributed by atoms with E-state index in [-0.39, 0.29) is 0 Å². The summed E-state index contributed by atoms with van der Waals surface area (Å²) in [6.07, 6.45) is 4.34. The number of nitroso groups, excluding NO2 is 1. The van der Waals surface area contributed by atoms with E-state index in [1.54, 1.807) is 0 Å². The quantitative estimate of drug-likeness (QED) is 0.203. The Labute approximate surface area is 97.7 Å². The van der Waals surface area contributed by atoms with Crippen molar-refractivity contribution in [1.82, 2.24) is 16.1 Å². The molecule has 0 aromatic rings. The van der Waals surface area contributed by atoms with Gasteiger partial charge in [0.25, 0.3) is 0 Å². The minimum absolute atomic E-state index is 0.650. The van der Waals surface area contributed by atoms with Gasteiger partial charge < -0.3 is 16.4 Å². The molecule has 0 bridgehead atoms. The van der Waals surface area contributed by atoms with E-state index in [0.717, 1.165) is 45.6 Å². The summed E-state index contributed by atoms with van der Waals surface area (Å²) in [5.74, 6) is 0. The van der Waals surface area contributed by atoms with Crippen LogP contribution in [0.5, 0.6) is 0 Å². The normalized spacial score (nSPS) is 10.3. The molecule has 0 unspecified atom stereocenters. The van der Waals surface area contributed by atoms with Crippen molar-refractivity contribution in [2.45, 2.75) is 25.7 Å². The van der Waals surface area contributed by atoms with Crippen LogP contribution in [0.25, 0.3) is 0 Å². The van der Waals surface area contributed by atoms with Gasteiger partial charge in [-0.25, -0.2) is 0 Å². The lowest BCUT2D eigenvalue weighted by Gasteiger charge is -2.05. The highest BCUT2D eigenvalue weighted by Gasteiger charge is 1.90. The molecule has 0 aliphatic heterocycles. The average Bonchev–Trinajstić information content (AvgIpc) is 2.31. The van der Waals surface area contributed by atoms with Gasteiger partial charge in [-0.05, 0) is 58.4 Å². The number of rotatable bonds is 13. The van der Waals surface area contributed by atoms with Crippen LogP contribution in [-0.2, 0) is 0 Å². The van der Waals surface area contributed by atoms with E-state index < -0.39 is 0 Å². The molecule has 0 fully saturated rings. The molecule has 0 saturated heterocycles. The van der Waals surface area contributed by atoms with Crippen LogP contribution in [0.15, 0.2) is 5.29 Å². The second-order valence-electron chi connectivity index (χ2n) is 3.70. The van der Waals surface area contributed by atoms with Crippen molar-refractivity contribution in [3.63, 3.8) is 0 Å². The molecular formula is C10H25N5O. The van der Waals surface area contributed by atoms with E-state index in [2.05, 4.69) is 21.3 Å². The van der Waals surface area contributed by atoms with E-state index in [1.807, 2.05) is 0 Å². The van der Waals surface area contributed by atoms with Crippen LogP contribution in [0.2, 0.25) is 0 Å². The first kappa shape index (κ1) is 15.3. The van der Waals surface area contributed by atoms with Crippen LogP contribution < -0.4 is 21.8 Å². The number of nitrogens with two attached hydrogens (primary N) is 1. The lowest BCUT2D eigenvalue weighted by Crippen LogP contribution is -2.22. The number of hydrogen-bond donors (Lipinski definition) is 4. The van der Waals surface area contributed by atoms with Gasteiger partial charge in [-0.2, -0.15) is 0 Å². The van der Waals surface area contributed by atoms with Crippen molar-refractivity contribution < 1.29 is 0 Å². The molecule has 0 aliphatic rings. The van der Waals surface area contributed by atoms with Crippen LogP contribution in [0.4, 0.5) is 0 Å². The van der Waals surface area contributed by atoms with E-state index in [1.165, 1.54) is 12.8 Å². The van der Waals surface area contributed by atoms with Crippen molar-refractivity contribution in [2.24, 2.45) is 11.0 Å². The molecule has 0 aromatic carbocycles. The van der Waals surface area contributed by atoms with E-state index in [4.69, 9.17) is 5.73 Å². The molecule has 0 amide bonds. The molecule has 6 heteroatoms. The standard InChI is InChI=1S/C10H25N5O/c11-5-3-8-12-6-1-2-7-13-9-4-10-14-15-16/h12-13H,1-11H2,(H,14,16). The van der Waals surface area contributed by atoms with Gasteiger partial charge >= 0.3 is 0 Å². The Bertz CT molecular complexity index is 145. The molecule has 0 saturated carbocycles. The van der Waals surface area contributed by atoms with Crippen LogP contribution in [-0.4, -0.2) is 39.3 Å². The minimum atomic E-state index is 0.650. The first-order chi connectivity index (χ1) is 7.91. The minimum Gasteiger partial charge on any atom is -0.330 e. The topological polar surface area (TPSA) is 91.5 Å². The highest BCUT2D eigenvalue weighted by atomic mass is 16.3. The first-order valence-corrected chi connectivity index (χ1v) is 6.08. The van der Waals surface area contributed by atoms with Crippen LogP contribution >= 0.6 is 0 Å². The molecule has 6 nitrogen and oxygen atoms in total. The third-order valence-electron chi connectivity index (χ3n) is 2.22. The summed E-state index contributed by atoms with van der Waals surface area (Å²) in [5.41, 5.74) is 7.77. The average molecular weight is 231 g/mol. The zero-order valence-corrected chi connectivity index (χ0v) is 10.0. The molecule has 0 radical (unpaired) electrons. The van der Waals surface area contributed by atoms with Crippen molar-refractivity contribution in [3.05, 3.63) is 4.91 Å². The molecule has 5 N–H and O–H groups in total. The van der Waals surface area contributed by atoms with Gasteiger partial charge in [0.1, 0.15) is 0 Å². The van der Waals surface area contributed by atoms with Gasteiger partial charge in [0, 0.05) is 11.8 Å². The SMILES string of the molecule is NCCCNCCCCNCCCNN=O. The van der Waals surface area contributed by atoms with E-state index >= 15 is 0 Å². The number of nitrogens with zero attached hydrogens (tertiary/aromatic N) is 1. The fraction of sp³-hybridized carbons (Fsp3) is 1.00. The first-order valence-electron chi connectivity index (χ1n) is 6.08. The summed E-state index contributed by atoms with van der Waals surface area (Å²) < 4.78 is 0. The Morgan fingerprint density at radius 2 is 1.38 bits per heavy atom. The number of unbranched alkanes of at least 4 members (excludes halogenated alkanes) is 1. The highest BCUT2D eigenvalue weighted by molar-refractivity contribution is 4.53. The third-order valence-corrected chi connectivity index (χ3v) is 2.22. The predicted molar refractivity (Wildman–Crippen MR) is 67.1 cm³/mol. The maximum Gasteiger partial charge on any atom is 0.0496 e. The maximum absolute atomic E-state index is 9.69. The van der Waals surface area contributed by atoms with E-state index in [0.29, 0.717) is 6.54 Å². The van der Waals surface area contributed by atoms with Gasteiger partial charge in [-0.3, -0.25) is 5.43 Å². The van der Waals surface area contributed by atoms with Gasteiger partial charge in [0.2, 0.25) is 0 Å². The monoisotopic (exact) mass is 231 g/mol. The van der Waals surface area contributed by atoms with Crippen molar-refractivity contribution in [3.8, 4) is 0 Å². The Kier molecular flexibility index (Phi) is 13.6. The Hall–Kier alpha value is -0.720. The third kappa shape index (κ3) is 13.3. The molecular weight excluding hydrogens is 206 g/mol. The molecule has 0 aromatic heterocycles. The van der Waals surface area contributed by atoms with Crippen molar-refractivity contribution in [2.75, 3.05) is 39.3 Å². The molecule has 0 atom stereocenters. The summed E-state index contributed by atoms with van der Waals surface area (Å²) in [4.78, 5) is 9.69. The van der Waals surface area contributed by atoms with Gasteiger partial charge in [0.15, 0.2) is 0 Å². The molecule has 0 rings (SSSR count). The maximum atomic E-state index is 9.69. The summed E-state index contributed by atoms with van der Waals surface area (Å²) >= 11 is 0. The molecule has 0 aliphatic carbocycles. The number of hydrogen-bond acceptors (Lipinski definition) is 5. The van der Waals surface area contributed by atoms with Crippen molar-refractivity contribution >= 4 is 0 Å². The Morgan fingerprint density at radius 3 is 1.94 bits per heavy atom. The van der Waals surface area contributed by atoms with Gasteiger partial charge in [-0.15, -0.1) is 4.91 Å². The van der Waals surface area contributed by atoms with Gasteiger partial charge in [-0.1, -0.05) is 0 Å². The highest BCUT2D eigenvalue weighted by Crippen LogP contribution is 1.85. The van der Waals surface area contributed by atoms with E-state index in [9.17, 15) is 4.91 Å². The van der Waals surface area contributed by atoms with Crippen LogP contribution in [0.1, 0.15) is 25.7 Å². The molecule has 96 valence electrons. The van der Waals surface area contributed by atoms with Crippen LogP contribution in [0.3, 0.4) is 0 Å². The molecule has 0 heterocycles. The summed E-state index contributed by atoms with van der Waals surface area (Å²) in [7, 11) is 0. The number of nitrogens with one attached hydrogen (secondary N) is 3. The Morgan fingerprint density at radius 1 is 0.812 bits per heavy atom. The molecule has 16 heavy (non-hydrogen) atoms. The lowest BCUT2D eigenvalue weighted by molar-refractivity contribution is 0.559. The summed E-state index contributed by atoms with van der Waals surface area (Å²) in [6, 6.07) is 0. The van der Waals surface area contributed by atoms with Gasteiger partial charge in [0.05, 0.1) is 0 Å². The van der Waals surface area contributed by atoms with Crippen LogP contribution in [0, 0.1) is 4.91 Å². The predicted octanol–water partition coefficient (Wildman–Crippen LogP) is -0.0443. The second kappa shape index (κ2) is 14.3. The second-order valence-corrected chi connectivity index (χ2v) is 3.70. The fourth-order valence-corrected chi connectivity index (χ4v) is 1.32. The fourth-order valence-electron chi connectivity index (χ4n) is 1.32. The van der Waals surface area contributed by atoms with Crippen molar-refractivity contribution in [1.29, 1.82) is 0 Å². The lowest BCUT2D eigenvalue weighted by atomic mass is 10.3. The summed E-state index contributed by atoms with van der Waals surface area (Å²) in [6.45, 7) is 5.47. The zero-order valence-electron chi connectivity index (χ0n) is 10.0. The Balaban J connectivity index is 2.85. The molecule has 0 spiro atoms. The summed E-state index contributed by atoms with van der Waals surface area (Å²) in [5, 5.41) is 9.23. The largest absolute Gasteiger partial charge is 0.330 e.